The molecule has 1 unspecified atom stereocenters. The van der Waals surface area contributed by atoms with E-state index < -0.39 is 11.5 Å². The van der Waals surface area contributed by atoms with Gasteiger partial charge in [-0.15, -0.1) is 0 Å². The highest BCUT2D eigenvalue weighted by Gasteiger charge is 2.30. The van der Waals surface area contributed by atoms with E-state index in [1.54, 1.807) is 63.4 Å². The first-order valence-corrected chi connectivity index (χ1v) is 7.99. The Balaban J connectivity index is 2.06. The quantitative estimate of drug-likeness (QED) is 0.848. The molecule has 0 spiro atoms. The van der Waals surface area contributed by atoms with Crippen molar-refractivity contribution in [2.45, 2.75) is 25.4 Å². The number of amides is 1. The number of hydrogen-bond acceptors (Lipinski definition) is 4. The number of ether oxygens (including phenoxy) is 1. The highest BCUT2D eigenvalue weighted by Crippen LogP contribution is 2.25. The number of hydrogen-bond donors (Lipinski definition) is 2. The third kappa shape index (κ3) is 4.37. The van der Waals surface area contributed by atoms with Crippen molar-refractivity contribution in [2.75, 3.05) is 13.7 Å². The van der Waals surface area contributed by atoms with Crippen LogP contribution in [0.3, 0.4) is 0 Å². The van der Waals surface area contributed by atoms with Crippen molar-refractivity contribution in [3.8, 4) is 11.8 Å². The summed E-state index contributed by atoms with van der Waals surface area (Å²) < 4.78 is 5.14. The molecular formula is C20H22N2O3. The van der Waals surface area contributed by atoms with Crippen LogP contribution in [0.1, 0.15) is 36.6 Å². The van der Waals surface area contributed by atoms with Crippen molar-refractivity contribution in [1.29, 1.82) is 5.26 Å². The smallest absolute Gasteiger partial charge is 0.230 e. The summed E-state index contributed by atoms with van der Waals surface area (Å²) in [4.78, 5) is 12.6. The first kappa shape index (κ1) is 18.5. The number of nitrogens with zero attached hydrogens (tertiary/aromatic N) is 1. The number of carbonyl (C=O) groups is 1. The Morgan fingerprint density at radius 2 is 2.00 bits per heavy atom. The van der Waals surface area contributed by atoms with Crippen molar-refractivity contribution in [2.24, 2.45) is 0 Å². The van der Waals surface area contributed by atoms with Crippen molar-refractivity contribution in [1.82, 2.24) is 5.32 Å². The predicted octanol–water partition coefficient (Wildman–Crippen LogP) is 2.69. The summed E-state index contributed by atoms with van der Waals surface area (Å²) in [5.41, 5.74) is 1.11. The van der Waals surface area contributed by atoms with Gasteiger partial charge in [-0.3, -0.25) is 4.79 Å². The van der Waals surface area contributed by atoms with Crippen LogP contribution in [0.2, 0.25) is 0 Å². The van der Waals surface area contributed by atoms with E-state index in [4.69, 9.17) is 10.00 Å². The van der Waals surface area contributed by atoms with Crippen LogP contribution in [0, 0.1) is 11.3 Å². The van der Waals surface area contributed by atoms with E-state index in [0.717, 1.165) is 5.56 Å². The maximum atomic E-state index is 12.6. The summed E-state index contributed by atoms with van der Waals surface area (Å²) in [5.74, 6) is 0.432. The summed E-state index contributed by atoms with van der Waals surface area (Å²) in [7, 11) is 1.56. The Bertz CT molecular complexity index is 794. The van der Waals surface area contributed by atoms with Crippen molar-refractivity contribution < 1.29 is 14.6 Å². The van der Waals surface area contributed by atoms with E-state index in [0.29, 0.717) is 16.9 Å². The lowest BCUT2D eigenvalue weighted by atomic mass is 9.83. The van der Waals surface area contributed by atoms with Gasteiger partial charge >= 0.3 is 0 Å². The summed E-state index contributed by atoms with van der Waals surface area (Å²) in [6.45, 7) is 3.67. The van der Waals surface area contributed by atoms with Crippen LogP contribution in [0.4, 0.5) is 0 Å². The second-order valence-electron chi connectivity index (χ2n) is 6.32. The monoisotopic (exact) mass is 338 g/mol. The molecule has 2 rings (SSSR count). The van der Waals surface area contributed by atoms with Gasteiger partial charge in [0, 0.05) is 6.54 Å². The van der Waals surface area contributed by atoms with Crippen LogP contribution in [0.25, 0.3) is 0 Å². The molecule has 0 bridgehead atoms. The molecule has 0 aromatic heterocycles. The maximum Gasteiger partial charge on any atom is 0.230 e. The molecule has 5 heteroatoms. The lowest BCUT2D eigenvalue weighted by Gasteiger charge is -2.25. The highest BCUT2D eigenvalue weighted by atomic mass is 16.5. The number of nitrogens with one attached hydrogen (secondary N) is 1. The lowest BCUT2D eigenvalue weighted by molar-refractivity contribution is -0.126. The molecule has 0 aliphatic heterocycles. The molecule has 0 aliphatic rings. The van der Waals surface area contributed by atoms with Crippen molar-refractivity contribution in [3.63, 3.8) is 0 Å². The minimum atomic E-state index is -0.833. The summed E-state index contributed by atoms with van der Waals surface area (Å²) >= 11 is 0. The van der Waals surface area contributed by atoms with E-state index in [9.17, 15) is 9.90 Å². The van der Waals surface area contributed by atoms with E-state index in [-0.39, 0.29) is 12.5 Å². The number of nitriles is 1. The van der Waals surface area contributed by atoms with Gasteiger partial charge in [-0.05, 0) is 49.2 Å². The van der Waals surface area contributed by atoms with Gasteiger partial charge in [0.15, 0.2) is 0 Å². The Morgan fingerprint density at radius 1 is 1.28 bits per heavy atom. The fourth-order valence-corrected chi connectivity index (χ4v) is 2.49. The molecule has 2 aromatic carbocycles. The average Bonchev–Trinajstić information content (AvgIpc) is 2.65. The molecule has 130 valence electrons. The number of benzene rings is 2. The van der Waals surface area contributed by atoms with Crippen molar-refractivity contribution >= 4 is 5.91 Å². The van der Waals surface area contributed by atoms with Gasteiger partial charge < -0.3 is 15.2 Å². The highest BCUT2D eigenvalue weighted by molar-refractivity contribution is 5.87. The van der Waals surface area contributed by atoms with E-state index in [2.05, 4.69) is 11.4 Å². The minimum absolute atomic E-state index is 0.0906. The zero-order chi connectivity index (χ0) is 18.4. The fraction of sp³-hybridized carbons (Fsp3) is 0.300. The van der Waals surface area contributed by atoms with Crippen LogP contribution >= 0.6 is 0 Å². The van der Waals surface area contributed by atoms with Crippen molar-refractivity contribution in [3.05, 3.63) is 65.2 Å². The second kappa shape index (κ2) is 7.82. The first-order valence-electron chi connectivity index (χ1n) is 7.99. The Labute approximate surface area is 147 Å². The van der Waals surface area contributed by atoms with Gasteiger partial charge in [0.05, 0.1) is 30.3 Å². The zero-order valence-corrected chi connectivity index (χ0v) is 14.6. The third-order valence-corrected chi connectivity index (χ3v) is 4.22. The molecule has 2 N–H and O–H groups in total. The second-order valence-corrected chi connectivity index (χ2v) is 6.32. The predicted molar refractivity (Wildman–Crippen MR) is 95.1 cm³/mol. The average molecular weight is 338 g/mol. The van der Waals surface area contributed by atoms with Gasteiger partial charge in [-0.25, -0.2) is 0 Å². The first-order chi connectivity index (χ1) is 11.9. The number of methoxy groups -OCH3 is 1. The molecule has 1 atom stereocenters. The maximum absolute atomic E-state index is 12.6. The zero-order valence-electron chi connectivity index (χ0n) is 14.6. The van der Waals surface area contributed by atoms with Gasteiger partial charge in [-0.1, -0.05) is 24.3 Å². The molecule has 2 aromatic rings. The molecular weight excluding hydrogens is 316 g/mol. The Kier molecular flexibility index (Phi) is 5.79. The van der Waals surface area contributed by atoms with Gasteiger partial charge in [0.25, 0.3) is 0 Å². The molecule has 1 amide bonds. The third-order valence-electron chi connectivity index (χ3n) is 4.22. The Hall–Kier alpha value is -2.84. The van der Waals surface area contributed by atoms with Crippen LogP contribution in [0.5, 0.6) is 5.75 Å². The van der Waals surface area contributed by atoms with E-state index in [1.807, 2.05) is 6.07 Å². The van der Waals surface area contributed by atoms with E-state index in [1.165, 1.54) is 0 Å². The topological polar surface area (TPSA) is 82.3 Å². The lowest BCUT2D eigenvalue weighted by Crippen LogP contribution is -2.41. The molecule has 0 saturated heterocycles. The van der Waals surface area contributed by atoms with Gasteiger partial charge in [-0.2, -0.15) is 5.26 Å². The molecule has 0 radical (unpaired) electrons. The standard InChI is InChI=1S/C20H22N2O3/c1-20(2,16-8-4-6-14(10-16)12-21)19(24)22-13-18(23)15-7-5-9-17(11-15)25-3/h4-11,18,23H,13H2,1-3H3,(H,22,24). The van der Waals surface area contributed by atoms with Crippen LogP contribution in [-0.4, -0.2) is 24.7 Å². The van der Waals surface area contributed by atoms with Gasteiger partial charge in [0.2, 0.25) is 5.91 Å². The van der Waals surface area contributed by atoms with Crippen LogP contribution in [0.15, 0.2) is 48.5 Å². The van der Waals surface area contributed by atoms with Gasteiger partial charge in [0.1, 0.15) is 5.75 Å². The number of aliphatic hydroxyl groups is 1. The molecule has 25 heavy (non-hydrogen) atoms. The van der Waals surface area contributed by atoms with E-state index >= 15 is 0 Å². The molecule has 0 heterocycles. The summed E-state index contributed by atoms with van der Waals surface area (Å²) in [6, 6.07) is 16.2. The Morgan fingerprint density at radius 3 is 2.68 bits per heavy atom. The molecule has 0 fully saturated rings. The fourth-order valence-electron chi connectivity index (χ4n) is 2.49. The normalized spacial score (nSPS) is 12.1. The summed E-state index contributed by atoms with van der Waals surface area (Å²) in [6.07, 6.45) is -0.833. The SMILES string of the molecule is COc1cccc(C(O)CNC(=O)C(C)(C)c2cccc(C#N)c2)c1. The number of aliphatic hydroxyl groups excluding tert-OH is 1. The number of carbonyl (C=O) groups excluding carboxylic acids is 1. The molecule has 5 nitrogen and oxygen atoms in total. The number of rotatable bonds is 6. The molecule has 0 aliphatic carbocycles. The largest absolute Gasteiger partial charge is 0.497 e. The van der Waals surface area contributed by atoms with Crippen LogP contribution < -0.4 is 10.1 Å². The summed E-state index contributed by atoms with van der Waals surface area (Å²) in [5, 5.41) is 22.1. The molecule has 0 saturated carbocycles. The van der Waals surface area contributed by atoms with Crippen LogP contribution in [-0.2, 0) is 10.2 Å². The minimum Gasteiger partial charge on any atom is -0.497 e.